The van der Waals surface area contributed by atoms with E-state index in [0.29, 0.717) is 84.1 Å². The van der Waals surface area contributed by atoms with Crippen molar-refractivity contribution in [3.05, 3.63) is 165 Å². The Morgan fingerprint density at radius 2 is 1.14 bits per heavy atom. The van der Waals surface area contributed by atoms with Crippen LogP contribution in [-0.2, 0) is 95.4 Å². The number of aryl methyl sites for hydroxylation is 2. The maximum atomic E-state index is 12.0. The number of ether oxygens (including phenoxy) is 6. The van der Waals surface area contributed by atoms with E-state index in [2.05, 4.69) is 105 Å². The summed E-state index contributed by atoms with van der Waals surface area (Å²) in [5.74, 6) is 1.78. The van der Waals surface area contributed by atoms with Crippen LogP contribution in [0.3, 0.4) is 0 Å². The van der Waals surface area contributed by atoms with Gasteiger partial charge in [-0.1, -0.05) is 113 Å². The monoisotopic (exact) mass is 1090 g/mol. The van der Waals surface area contributed by atoms with Gasteiger partial charge in [0.1, 0.15) is 23.5 Å². The molecule has 6 aromatic rings. The van der Waals surface area contributed by atoms with E-state index in [-0.39, 0.29) is 16.2 Å². The third-order valence-electron chi connectivity index (χ3n) is 15.9. The molecule has 4 aromatic carbocycles. The largest absolute Gasteiger partial charge is 0.497 e. The molecule has 432 valence electrons. The lowest BCUT2D eigenvalue weighted by atomic mass is 9.74. The summed E-state index contributed by atoms with van der Waals surface area (Å²) in [6.07, 6.45) is 8.71. The number of aromatic nitrogens is 4. The topological polar surface area (TPSA) is 154 Å². The fourth-order valence-electron chi connectivity index (χ4n) is 11.3. The first-order valence-corrected chi connectivity index (χ1v) is 28.8. The number of carbonyl (C=O) groups is 2. The molecule has 3 aliphatic heterocycles. The quantitative estimate of drug-likeness (QED) is 0.0607. The minimum atomic E-state index is -0.486. The molecule has 0 radical (unpaired) electrons. The number of nitrogens with zero attached hydrogens (tertiary/aromatic N) is 5. The van der Waals surface area contributed by atoms with Gasteiger partial charge in [-0.2, -0.15) is 10.2 Å². The SMILES string of the molecule is CCn1nc(CC(C)(C)COCc2ccccc2)c(CC2(C=O)CCOCC2)c1C=O.CCn1nc(CC(C)(C)COCc2ccccc2)c2c1CN(Cc1ccc(OC)cc1)CC1(CCOCC1)C2.COc1ccc(CN)cc1. The van der Waals surface area contributed by atoms with Crippen LogP contribution >= 0.6 is 0 Å². The van der Waals surface area contributed by atoms with Crippen molar-refractivity contribution in [2.45, 2.75) is 139 Å². The highest BCUT2D eigenvalue weighted by molar-refractivity contribution is 5.76. The molecule has 2 N–H and O–H groups in total. The third-order valence-corrected chi connectivity index (χ3v) is 15.9. The van der Waals surface area contributed by atoms with Crippen molar-refractivity contribution < 1.29 is 38.0 Å². The van der Waals surface area contributed by atoms with Crippen molar-refractivity contribution in [1.29, 1.82) is 0 Å². The Morgan fingerprint density at radius 3 is 1.62 bits per heavy atom. The molecular formula is C66H90N6O8. The van der Waals surface area contributed by atoms with Gasteiger partial charge in [-0.25, -0.2) is 0 Å². The minimum absolute atomic E-state index is 0.00655. The molecule has 14 nitrogen and oxygen atoms in total. The number of carbonyl (C=O) groups excluding carboxylic acids is 2. The van der Waals surface area contributed by atoms with Crippen LogP contribution < -0.4 is 15.2 Å². The standard InChI is InChI=1S/C33H45N3O3.C25H34N2O4.C8H11NO/c1-5-36-31-22-35(21-26-11-13-28(37-4)14-12-26)24-33(15-17-38-18-16-33)19-29(31)30(34-36)20-32(2,3)25-39-23-27-9-7-6-8-10-27;1-4-27-23(16-28)21(14-25(18-29)10-12-30-13-11-25)22(26-27)15-24(2,3)19-31-17-20-8-6-5-7-9-20;1-10-8-4-2-7(6-9)3-5-8/h6-14H,5,15-25H2,1-4H3;5-9,16,18H,4,10-15,17,19H2,1-3H3;2-5H,6,9H2,1H3. The van der Waals surface area contributed by atoms with Gasteiger partial charge in [0.25, 0.3) is 0 Å². The Balaban J connectivity index is 0.000000200. The summed E-state index contributed by atoms with van der Waals surface area (Å²) in [5.41, 5.74) is 16.3. The molecule has 0 unspecified atom stereocenters. The summed E-state index contributed by atoms with van der Waals surface area (Å²) in [4.78, 5) is 26.6. The molecule has 2 aromatic heterocycles. The van der Waals surface area contributed by atoms with Crippen LogP contribution in [0.4, 0.5) is 0 Å². The highest BCUT2D eigenvalue weighted by atomic mass is 16.5. The first-order valence-electron chi connectivity index (χ1n) is 28.8. The summed E-state index contributed by atoms with van der Waals surface area (Å²) in [7, 11) is 3.37. The number of nitrogens with two attached hydrogens (primary N) is 1. The molecule has 3 aliphatic rings. The van der Waals surface area contributed by atoms with E-state index in [0.717, 1.165) is 112 Å². The summed E-state index contributed by atoms with van der Waals surface area (Å²) in [6.45, 7) is 23.5. The lowest BCUT2D eigenvalue weighted by Gasteiger charge is -2.39. The summed E-state index contributed by atoms with van der Waals surface area (Å²) < 4.78 is 37.9. The number of methoxy groups -OCH3 is 2. The highest BCUT2D eigenvalue weighted by Crippen LogP contribution is 2.42. The Labute approximate surface area is 476 Å². The van der Waals surface area contributed by atoms with Gasteiger partial charge in [-0.15, -0.1) is 0 Å². The average Bonchev–Trinajstić information content (AvgIpc) is 4.03. The molecule has 0 bridgehead atoms. The number of benzene rings is 4. The number of hydrogen-bond donors (Lipinski definition) is 1. The number of aldehydes is 2. The molecule has 2 fully saturated rings. The van der Waals surface area contributed by atoms with Gasteiger partial charge in [-0.3, -0.25) is 19.1 Å². The maximum absolute atomic E-state index is 12.0. The molecule has 0 amide bonds. The first kappa shape index (κ1) is 61.6. The smallest absolute Gasteiger partial charge is 0.168 e. The van der Waals surface area contributed by atoms with Gasteiger partial charge < -0.3 is 38.9 Å². The molecule has 0 atom stereocenters. The van der Waals surface area contributed by atoms with Crippen LogP contribution in [0.15, 0.2) is 109 Å². The summed E-state index contributed by atoms with van der Waals surface area (Å²) >= 11 is 0. The van der Waals surface area contributed by atoms with Crippen LogP contribution in [0, 0.1) is 21.7 Å². The Morgan fingerprint density at radius 1 is 0.637 bits per heavy atom. The van der Waals surface area contributed by atoms with Gasteiger partial charge in [0.2, 0.25) is 0 Å². The van der Waals surface area contributed by atoms with Crippen molar-refractivity contribution in [3.8, 4) is 11.5 Å². The first-order chi connectivity index (χ1) is 38.7. The van der Waals surface area contributed by atoms with Gasteiger partial charge in [0.15, 0.2) is 6.29 Å². The molecular weight excluding hydrogens is 1000 g/mol. The van der Waals surface area contributed by atoms with Crippen LogP contribution in [0.1, 0.15) is 128 Å². The van der Waals surface area contributed by atoms with E-state index in [1.807, 2.05) is 55.5 Å². The highest BCUT2D eigenvalue weighted by Gasteiger charge is 2.41. The van der Waals surface area contributed by atoms with Crippen molar-refractivity contribution in [2.75, 3.05) is 60.4 Å². The maximum Gasteiger partial charge on any atom is 0.168 e. The molecule has 5 heterocycles. The molecule has 1 spiro atoms. The van der Waals surface area contributed by atoms with Crippen molar-refractivity contribution in [1.82, 2.24) is 24.5 Å². The lowest BCUT2D eigenvalue weighted by Crippen LogP contribution is -2.41. The minimum Gasteiger partial charge on any atom is -0.497 e. The van der Waals surface area contributed by atoms with E-state index in [9.17, 15) is 9.59 Å². The van der Waals surface area contributed by atoms with Crippen molar-refractivity contribution >= 4 is 12.6 Å². The van der Waals surface area contributed by atoms with Crippen LogP contribution in [-0.4, -0.2) is 97.4 Å². The number of rotatable bonds is 23. The fourth-order valence-corrected chi connectivity index (χ4v) is 11.3. The van der Waals surface area contributed by atoms with Gasteiger partial charge in [-0.05, 0) is 134 Å². The number of hydrogen-bond acceptors (Lipinski definition) is 12. The zero-order chi connectivity index (χ0) is 57.0. The zero-order valence-electron chi connectivity index (χ0n) is 49.2. The predicted molar refractivity (Wildman–Crippen MR) is 315 cm³/mol. The fraction of sp³-hybridized carbons (Fsp3) is 0.515. The van der Waals surface area contributed by atoms with Crippen molar-refractivity contribution in [2.24, 2.45) is 27.4 Å². The average molecular weight is 1100 g/mol. The van der Waals surface area contributed by atoms with E-state index < -0.39 is 5.41 Å². The van der Waals surface area contributed by atoms with Gasteiger partial charge in [0, 0.05) is 76.7 Å². The van der Waals surface area contributed by atoms with Crippen molar-refractivity contribution in [3.63, 3.8) is 0 Å². The van der Waals surface area contributed by atoms with Crippen LogP contribution in [0.5, 0.6) is 11.5 Å². The van der Waals surface area contributed by atoms with Crippen LogP contribution in [0.2, 0.25) is 0 Å². The normalized spacial score (nSPS) is 16.1. The molecule has 2 saturated heterocycles. The Bertz CT molecular complexity index is 2770. The Kier molecular flexibility index (Phi) is 22.8. The lowest BCUT2D eigenvalue weighted by molar-refractivity contribution is -0.121. The molecule has 9 rings (SSSR count). The van der Waals surface area contributed by atoms with Gasteiger partial charge >= 0.3 is 0 Å². The second-order valence-electron chi connectivity index (χ2n) is 23.7. The van der Waals surface area contributed by atoms with Gasteiger partial charge in [0.05, 0.1) is 57.7 Å². The predicted octanol–water partition coefficient (Wildman–Crippen LogP) is 11.2. The molecule has 14 heteroatoms. The van der Waals surface area contributed by atoms with E-state index >= 15 is 0 Å². The third kappa shape index (κ3) is 17.5. The molecule has 0 saturated carbocycles. The van der Waals surface area contributed by atoms with E-state index in [1.165, 1.54) is 28.1 Å². The summed E-state index contributed by atoms with van der Waals surface area (Å²) in [5, 5.41) is 10.00. The van der Waals surface area contributed by atoms with Crippen LogP contribution in [0.25, 0.3) is 0 Å². The molecule has 80 heavy (non-hydrogen) atoms. The van der Waals surface area contributed by atoms with E-state index in [4.69, 9.17) is 44.4 Å². The molecule has 0 aliphatic carbocycles. The number of fused-ring (bicyclic) bond motifs is 1. The Hall–Kier alpha value is -6.00. The second-order valence-corrected chi connectivity index (χ2v) is 23.7. The summed E-state index contributed by atoms with van der Waals surface area (Å²) in [6, 6.07) is 36.8. The van der Waals surface area contributed by atoms with E-state index in [1.54, 1.807) is 18.9 Å². The zero-order valence-corrected chi connectivity index (χ0v) is 49.2. The second kappa shape index (κ2) is 29.6.